The topological polar surface area (TPSA) is 96.2 Å². The van der Waals surface area contributed by atoms with Gasteiger partial charge < -0.3 is 15.3 Å². The Bertz CT molecular complexity index is 674. The van der Waals surface area contributed by atoms with Crippen LogP contribution in [0.15, 0.2) is 30.9 Å². The summed E-state index contributed by atoms with van der Waals surface area (Å²) in [5, 5.41) is 17.6. The van der Waals surface area contributed by atoms with E-state index in [9.17, 15) is 9.90 Å². The number of carbonyl (C=O) groups excluding carboxylic acids is 1. The zero-order valence-corrected chi connectivity index (χ0v) is 13.0. The number of anilines is 1. The number of hydrogen-bond donors (Lipinski definition) is 2. The minimum atomic E-state index is -0.986. The minimum Gasteiger partial charge on any atom is -0.386 e. The third kappa shape index (κ3) is 3.65. The number of hydrogen-bond acceptors (Lipinski definition) is 6. The van der Waals surface area contributed by atoms with Crippen LogP contribution in [0.4, 0.5) is 5.82 Å². The van der Waals surface area contributed by atoms with Gasteiger partial charge in [0.05, 0.1) is 11.8 Å². The van der Waals surface area contributed by atoms with Crippen LogP contribution in [0.2, 0.25) is 0 Å². The van der Waals surface area contributed by atoms with Gasteiger partial charge >= 0.3 is 0 Å². The second kappa shape index (κ2) is 6.33. The van der Waals surface area contributed by atoms with Crippen molar-refractivity contribution in [3.63, 3.8) is 0 Å². The highest BCUT2D eigenvalue weighted by molar-refractivity contribution is 5.92. The van der Waals surface area contributed by atoms with Gasteiger partial charge in [0.25, 0.3) is 5.91 Å². The van der Waals surface area contributed by atoms with Gasteiger partial charge in [-0.25, -0.2) is 4.98 Å². The minimum absolute atomic E-state index is 0.180. The van der Waals surface area contributed by atoms with E-state index in [2.05, 4.69) is 20.4 Å². The van der Waals surface area contributed by atoms with Gasteiger partial charge in [-0.3, -0.25) is 14.5 Å². The molecule has 2 aromatic rings. The van der Waals surface area contributed by atoms with Gasteiger partial charge in [0.2, 0.25) is 0 Å². The van der Waals surface area contributed by atoms with Crippen molar-refractivity contribution in [1.82, 2.24) is 25.1 Å². The molecule has 0 saturated carbocycles. The number of amides is 1. The molecule has 8 heteroatoms. The average Bonchev–Trinajstić information content (AvgIpc) is 3.00. The zero-order valence-electron chi connectivity index (χ0n) is 13.0. The summed E-state index contributed by atoms with van der Waals surface area (Å²) in [6.07, 6.45) is 8.09. The number of nitrogens with one attached hydrogen (secondary N) is 1. The molecule has 1 atom stereocenters. The Labute approximate surface area is 134 Å². The number of aliphatic hydroxyl groups is 1. The summed E-state index contributed by atoms with van der Waals surface area (Å²) in [5.74, 6) is 0.456. The van der Waals surface area contributed by atoms with E-state index in [1.165, 1.54) is 0 Å². The summed E-state index contributed by atoms with van der Waals surface area (Å²) in [7, 11) is 1.75. The number of piperidine rings is 1. The lowest BCUT2D eigenvalue weighted by molar-refractivity contribution is 0.0253. The predicted octanol–water partition coefficient (Wildman–Crippen LogP) is -0.0286. The molecule has 0 unspecified atom stereocenters. The Hall–Kier alpha value is -2.48. The molecule has 0 radical (unpaired) electrons. The van der Waals surface area contributed by atoms with Crippen molar-refractivity contribution < 1.29 is 9.90 Å². The molecule has 0 aliphatic carbocycles. The van der Waals surface area contributed by atoms with E-state index in [0.717, 1.165) is 18.8 Å². The molecular weight excluding hydrogens is 296 g/mol. The van der Waals surface area contributed by atoms with Crippen LogP contribution in [0.1, 0.15) is 23.3 Å². The highest BCUT2D eigenvalue weighted by Gasteiger charge is 2.34. The van der Waals surface area contributed by atoms with Gasteiger partial charge in [0, 0.05) is 45.3 Å². The van der Waals surface area contributed by atoms with E-state index < -0.39 is 5.60 Å². The van der Waals surface area contributed by atoms with Crippen molar-refractivity contribution >= 4 is 11.7 Å². The van der Waals surface area contributed by atoms with Crippen molar-refractivity contribution in [2.45, 2.75) is 18.4 Å². The largest absolute Gasteiger partial charge is 0.386 e. The number of nitrogens with zero attached hydrogens (tertiary/aromatic N) is 5. The number of β-amino-alcohol motifs (C(OH)–C–C–N with tert-alkyl or cyclic N) is 1. The Morgan fingerprint density at radius 1 is 1.48 bits per heavy atom. The molecule has 2 aromatic heterocycles. The van der Waals surface area contributed by atoms with Crippen LogP contribution in [0, 0.1) is 0 Å². The third-order valence-electron chi connectivity index (χ3n) is 3.95. The van der Waals surface area contributed by atoms with Crippen LogP contribution in [0.5, 0.6) is 0 Å². The van der Waals surface area contributed by atoms with Crippen LogP contribution in [-0.2, 0) is 7.05 Å². The summed E-state index contributed by atoms with van der Waals surface area (Å²) < 4.78 is 1.57. The smallest absolute Gasteiger partial charge is 0.271 e. The van der Waals surface area contributed by atoms with Gasteiger partial charge in [0.15, 0.2) is 0 Å². The number of aryl methyl sites for hydroxylation is 1. The van der Waals surface area contributed by atoms with Gasteiger partial charge in [-0.1, -0.05) is 0 Å². The summed E-state index contributed by atoms with van der Waals surface area (Å²) in [6, 6.07) is 1.64. The Kier molecular flexibility index (Phi) is 4.24. The van der Waals surface area contributed by atoms with Crippen LogP contribution in [-0.4, -0.2) is 56.0 Å². The van der Waals surface area contributed by atoms with Gasteiger partial charge in [-0.2, -0.15) is 5.10 Å². The second-order valence-corrected chi connectivity index (χ2v) is 5.87. The molecule has 3 rings (SSSR count). The highest BCUT2D eigenvalue weighted by atomic mass is 16.3. The maximum absolute atomic E-state index is 12.1. The Morgan fingerprint density at radius 3 is 3.04 bits per heavy atom. The first-order valence-electron chi connectivity index (χ1n) is 7.57. The number of aromatic nitrogens is 4. The van der Waals surface area contributed by atoms with Crippen LogP contribution >= 0.6 is 0 Å². The highest BCUT2D eigenvalue weighted by Crippen LogP contribution is 2.23. The molecule has 1 fully saturated rings. The van der Waals surface area contributed by atoms with E-state index in [-0.39, 0.29) is 12.5 Å². The van der Waals surface area contributed by atoms with Crippen LogP contribution < -0.4 is 10.2 Å². The van der Waals surface area contributed by atoms with Gasteiger partial charge in [-0.15, -0.1) is 0 Å². The Balaban J connectivity index is 1.61. The first-order chi connectivity index (χ1) is 11.1. The SMILES string of the molecule is Cn1ccc(C(=O)NC[C@@]2(O)CCCN(c3cnccn3)C2)n1. The molecule has 1 aliphatic rings. The molecule has 1 aliphatic heterocycles. The number of carbonyl (C=O) groups is 1. The molecule has 0 spiro atoms. The summed E-state index contributed by atoms with van der Waals surface area (Å²) in [4.78, 5) is 22.4. The zero-order chi connectivity index (χ0) is 16.3. The van der Waals surface area contributed by atoms with Crippen molar-refractivity contribution in [2.24, 2.45) is 7.05 Å². The summed E-state index contributed by atoms with van der Waals surface area (Å²) in [5.41, 5.74) is -0.641. The second-order valence-electron chi connectivity index (χ2n) is 5.87. The first kappa shape index (κ1) is 15.4. The quantitative estimate of drug-likeness (QED) is 0.822. The molecular formula is C15H20N6O2. The normalized spacial score (nSPS) is 21.2. The molecule has 23 heavy (non-hydrogen) atoms. The van der Waals surface area contributed by atoms with Crippen molar-refractivity contribution in [1.29, 1.82) is 0 Å². The van der Waals surface area contributed by atoms with Crippen molar-refractivity contribution in [2.75, 3.05) is 24.5 Å². The lowest BCUT2D eigenvalue weighted by Gasteiger charge is -2.39. The van der Waals surface area contributed by atoms with Crippen LogP contribution in [0.25, 0.3) is 0 Å². The fraction of sp³-hybridized carbons (Fsp3) is 0.467. The molecule has 8 nitrogen and oxygen atoms in total. The Morgan fingerprint density at radius 2 is 2.35 bits per heavy atom. The van der Waals surface area contributed by atoms with E-state index in [0.29, 0.717) is 18.7 Å². The van der Waals surface area contributed by atoms with Crippen molar-refractivity contribution in [3.8, 4) is 0 Å². The summed E-state index contributed by atoms with van der Waals surface area (Å²) in [6.45, 7) is 1.41. The molecule has 2 N–H and O–H groups in total. The van der Waals surface area contributed by atoms with Crippen molar-refractivity contribution in [3.05, 3.63) is 36.5 Å². The molecule has 1 saturated heterocycles. The molecule has 122 valence electrons. The fourth-order valence-corrected chi connectivity index (χ4v) is 2.78. The maximum Gasteiger partial charge on any atom is 0.271 e. The molecule has 0 bridgehead atoms. The van der Waals surface area contributed by atoms with Gasteiger partial charge in [0.1, 0.15) is 11.5 Å². The fourth-order valence-electron chi connectivity index (χ4n) is 2.78. The number of rotatable bonds is 4. The first-order valence-corrected chi connectivity index (χ1v) is 7.57. The van der Waals surface area contributed by atoms with E-state index in [1.807, 2.05) is 4.90 Å². The van der Waals surface area contributed by atoms with Crippen LogP contribution in [0.3, 0.4) is 0 Å². The van der Waals surface area contributed by atoms with E-state index in [4.69, 9.17) is 0 Å². The molecule has 0 aromatic carbocycles. The third-order valence-corrected chi connectivity index (χ3v) is 3.95. The van der Waals surface area contributed by atoms with E-state index in [1.54, 1.807) is 42.6 Å². The standard InChI is InChI=1S/C15H20N6O2/c1-20-8-3-12(19-20)14(22)18-10-15(23)4-2-7-21(11-15)13-9-16-5-6-17-13/h3,5-6,8-9,23H,2,4,7,10-11H2,1H3,(H,18,22)/t15-/m0/s1. The lowest BCUT2D eigenvalue weighted by atomic mass is 9.92. The average molecular weight is 316 g/mol. The van der Waals surface area contributed by atoms with E-state index >= 15 is 0 Å². The molecule has 3 heterocycles. The lowest BCUT2D eigenvalue weighted by Crippen LogP contribution is -2.54. The predicted molar refractivity (Wildman–Crippen MR) is 84.0 cm³/mol. The molecule has 1 amide bonds. The maximum atomic E-state index is 12.1. The summed E-state index contributed by atoms with van der Waals surface area (Å²) >= 11 is 0. The van der Waals surface area contributed by atoms with Gasteiger partial charge in [-0.05, 0) is 18.9 Å². The monoisotopic (exact) mass is 316 g/mol.